The second kappa shape index (κ2) is 4.26. The molecule has 2 nitrogen and oxygen atoms in total. The topological polar surface area (TPSA) is 38.0 Å². The largest absolute Gasteiger partial charge is 0.271 e. The second-order valence-corrected chi connectivity index (χ2v) is 5.71. The number of rotatable bonds is 3. The van der Waals surface area contributed by atoms with Gasteiger partial charge in [0.25, 0.3) is 0 Å². The lowest BCUT2D eigenvalue weighted by molar-refractivity contribution is 0.419. The normalized spacial score (nSPS) is 19.5. The molecule has 0 fully saturated rings. The number of hydrogen-bond acceptors (Lipinski definition) is 3. The van der Waals surface area contributed by atoms with Gasteiger partial charge in [-0.25, -0.2) is 0 Å². The first kappa shape index (κ1) is 11.0. The van der Waals surface area contributed by atoms with Crippen molar-refractivity contribution in [1.82, 2.24) is 5.43 Å². The number of hydrogen-bond donors (Lipinski definition) is 2. The highest BCUT2D eigenvalue weighted by molar-refractivity contribution is 7.10. The molecule has 17 heavy (non-hydrogen) atoms. The number of thiophene rings is 1. The summed E-state index contributed by atoms with van der Waals surface area (Å²) in [6.07, 6.45) is 1.13. The molecule has 0 saturated heterocycles. The molecule has 1 aromatic heterocycles. The molecule has 3 N–H and O–H groups in total. The molecule has 1 aliphatic carbocycles. The lowest BCUT2D eigenvalue weighted by Crippen LogP contribution is -2.37. The Hall–Kier alpha value is -1.16. The van der Waals surface area contributed by atoms with Gasteiger partial charge < -0.3 is 0 Å². The summed E-state index contributed by atoms with van der Waals surface area (Å²) >= 11 is 1.79. The van der Waals surface area contributed by atoms with E-state index in [1.54, 1.807) is 11.3 Å². The van der Waals surface area contributed by atoms with Crippen molar-refractivity contribution in [2.24, 2.45) is 5.84 Å². The zero-order valence-electron chi connectivity index (χ0n) is 9.81. The molecule has 0 aliphatic heterocycles. The maximum atomic E-state index is 5.76. The third-order valence-corrected chi connectivity index (χ3v) is 4.57. The average Bonchev–Trinajstić information content (AvgIpc) is 2.72. The van der Waals surface area contributed by atoms with Crippen LogP contribution in [0.3, 0.4) is 0 Å². The molecule has 0 saturated carbocycles. The van der Waals surface area contributed by atoms with Crippen LogP contribution >= 0.6 is 11.3 Å². The van der Waals surface area contributed by atoms with Crippen molar-refractivity contribution < 1.29 is 0 Å². The van der Waals surface area contributed by atoms with E-state index in [0.717, 1.165) is 6.42 Å². The maximum absolute atomic E-state index is 5.76. The van der Waals surface area contributed by atoms with Crippen molar-refractivity contribution in [3.05, 3.63) is 57.3 Å². The summed E-state index contributed by atoms with van der Waals surface area (Å²) in [6.45, 7) is 2.16. The van der Waals surface area contributed by atoms with Crippen LogP contribution in [0.4, 0.5) is 0 Å². The predicted octanol–water partition coefficient (Wildman–Crippen LogP) is 2.90. The summed E-state index contributed by atoms with van der Waals surface area (Å²) < 4.78 is 0. The van der Waals surface area contributed by atoms with Crippen LogP contribution in [0.2, 0.25) is 0 Å². The van der Waals surface area contributed by atoms with Crippen LogP contribution in [0, 0.1) is 6.92 Å². The van der Waals surface area contributed by atoms with Gasteiger partial charge in [-0.3, -0.25) is 11.3 Å². The summed E-state index contributed by atoms with van der Waals surface area (Å²) in [5, 5.41) is 2.14. The number of hydrazine groups is 1. The van der Waals surface area contributed by atoms with E-state index in [0.29, 0.717) is 5.92 Å². The highest BCUT2D eigenvalue weighted by Gasteiger charge is 2.33. The molecule has 2 unspecified atom stereocenters. The fraction of sp³-hybridized carbons (Fsp3) is 0.286. The number of nitrogens with two attached hydrogens (primary N) is 1. The van der Waals surface area contributed by atoms with Gasteiger partial charge in [0.15, 0.2) is 0 Å². The molecule has 0 radical (unpaired) electrons. The SMILES string of the molecule is Cc1sccc1C(NN)C1Cc2ccccc21. The Morgan fingerprint density at radius 2 is 2.18 bits per heavy atom. The molecule has 0 spiro atoms. The summed E-state index contributed by atoms with van der Waals surface area (Å²) in [7, 11) is 0. The minimum Gasteiger partial charge on any atom is -0.271 e. The zero-order valence-corrected chi connectivity index (χ0v) is 10.6. The Balaban J connectivity index is 1.93. The molecule has 0 bridgehead atoms. The Morgan fingerprint density at radius 1 is 1.35 bits per heavy atom. The van der Waals surface area contributed by atoms with Gasteiger partial charge in [0.05, 0.1) is 6.04 Å². The van der Waals surface area contributed by atoms with Gasteiger partial charge in [-0.15, -0.1) is 11.3 Å². The van der Waals surface area contributed by atoms with Crippen LogP contribution in [0.15, 0.2) is 35.7 Å². The fourth-order valence-electron chi connectivity index (χ4n) is 2.74. The van der Waals surface area contributed by atoms with E-state index in [-0.39, 0.29) is 6.04 Å². The molecule has 3 heteroatoms. The first-order valence-electron chi connectivity index (χ1n) is 5.89. The van der Waals surface area contributed by atoms with Gasteiger partial charge in [0, 0.05) is 10.8 Å². The predicted molar refractivity (Wildman–Crippen MR) is 72.0 cm³/mol. The van der Waals surface area contributed by atoms with Crippen molar-refractivity contribution >= 4 is 11.3 Å². The first-order valence-corrected chi connectivity index (χ1v) is 6.77. The van der Waals surface area contributed by atoms with Crippen molar-refractivity contribution in [1.29, 1.82) is 0 Å². The molecular weight excluding hydrogens is 228 g/mol. The first-order chi connectivity index (χ1) is 8.31. The summed E-state index contributed by atoms with van der Waals surface area (Å²) in [4.78, 5) is 1.36. The number of benzene rings is 1. The summed E-state index contributed by atoms with van der Waals surface area (Å²) in [5.74, 6) is 6.27. The van der Waals surface area contributed by atoms with Crippen LogP contribution in [0.5, 0.6) is 0 Å². The van der Waals surface area contributed by atoms with Gasteiger partial charge in [-0.05, 0) is 41.5 Å². The van der Waals surface area contributed by atoms with E-state index in [1.165, 1.54) is 21.6 Å². The van der Waals surface area contributed by atoms with E-state index in [1.807, 2.05) is 0 Å². The van der Waals surface area contributed by atoms with Crippen LogP contribution in [-0.4, -0.2) is 0 Å². The van der Waals surface area contributed by atoms with E-state index in [2.05, 4.69) is 48.1 Å². The summed E-state index contributed by atoms with van der Waals surface area (Å²) in [6, 6.07) is 11.1. The third kappa shape index (κ3) is 1.71. The molecule has 1 heterocycles. The van der Waals surface area contributed by atoms with E-state index in [4.69, 9.17) is 5.84 Å². The van der Waals surface area contributed by atoms with Crippen molar-refractivity contribution in [2.75, 3.05) is 0 Å². The van der Waals surface area contributed by atoms with Crippen molar-refractivity contribution in [3.63, 3.8) is 0 Å². The van der Waals surface area contributed by atoms with Crippen LogP contribution in [0.25, 0.3) is 0 Å². The number of nitrogens with one attached hydrogen (secondary N) is 1. The average molecular weight is 244 g/mol. The van der Waals surface area contributed by atoms with E-state index in [9.17, 15) is 0 Å². The Bertz CT molecular complexity index is 533. The molecule has 0 amide bonds. The quantitative estimate of drug-likeness (QED) is 0.643. The van der Waals surface area contributed by atoms with Crippen LogP contribution in [0.1, 0.15) is 33.5 Å². The standard InChI is InChI=1S/C14H16N2S/c1-9-11(6-7-17-9)14(16-15)13-8-10-4-2-3-5-12(10)13/h2-7,13-14,16H,8,15H2,1H3. The molecule has 88 valence electrons. The van der Waals surface area contributed by atoms with E-state index >= 15 is 0 Å². The maximum Gasteiger partial charge on any atom is 0.0542 e. The van der Waals surface area contributed by atoms with Crippen molar-refractivity contribution in [2.45, 2.75) is 25.3 Å². The lowest BCUT2D eigenvalue weighted by Gasteiger charge is -2.36. The highest BCUT2D eigenvalue weighted by atomic mass is 32.1. The molecule has 3 rings (SSSR count). The second-order valence-electron chi connectivity index (χ2n) is 4.59. The smallest absolute Gasteiger partial charge is 0.0542 e. The fourth-order valence-corrected chi connectivity index (χ4v) is 3.48. The van der Waals surface area contributed by atoms with Gasteiger partial charge in [-0.1, -0.05) is 24.3 Å². The van der Waals surface area contributed by atoms with Crippen LogP contribution < -0.4 is 11.3 Å². The Labute approximate surface area is 105 Å². The van der Waals surface area contributed by atoms with E-state index < -0.39 is 0 Å². The monoisotopic (exact) mass is 244 g/mol. The lowest BCUT2D eigenvalue weighted by atomic mass is 9.72. The molecule has 2 atom stereocenters. The third-order valence-electron chi connectivity index (χ3n) is 3.71. The Morgan fingerprint density at radius 3 is 2.82 bits per heavy atom. The molecular formula is C14H16N2S. The van der Waals surface area contributed by atoms with Gasteiger partial charge in [-0.2, -0.15) is 0 Å². The number of fused-ring (bicyclic) bond motifs is 1. The van der Waals surface area contributed by atoms with Gasteiger partial charge >= 0.3 is 0 Å². The van der Waals surface area contributed by atoms with Crippen LogP contribution in [-0.2, 0) is 6.42 Å². The Kier molecular flexibility index (Phi) is 2.74. The van der Waals surface area contributed by atoms with Gasteiger partial charge in [0.1, 0.15) is 0 Å². The number of aryl methyl sites for hydroxylation is 1. The van der Waals surface area contributed by atoms with Crippen molar-refractivity contribution in [3.8, 4) is 0 Å². The molecule has 2 aromatic rings. The molecule has 1 aliphatic rings. The minimum atomic E-state index is 0.246. The minimum absolute atomic E-state index is 0.246. The molecule has 1 aromatic carbocycles. The van der Waals surface area contributed by atoms with Gasteiger partial charge in [0.2, 0.25) is 0 Å². The summed E-state index contributed by atoms with van der Waals surface area (Å²) in [5.41, 5.74) is 7.25. The zero-order chi connectivity index (χ0) is 11.8. The highest BCUT2D eigenvalue weighted by Crippen LogP contribution is 2.44.